The second-order valence-electron chi connectivity index (χ2n) is 6.43. The van der Waals surface area contributed by atoms with Gasteiger partial charge in [0, 0.05) is 25.6 Å². The Morgan fingerprint density at radius 1 is 1.20 bits per heavy atom. The van der Waals surface area contributed by atoms with Crippen molar-refractivity contribution in [3.05, 3.63) is 33.8 Å². The third-order valence-corrected chi connectivity index (χ3v) is 5.60. The van der Waals surface area contributed by atoms with Crippen LogP contribution in [0.5, 0.6) is 0 Å². The van der Waals surface area contributed by atoms with E-state index in [0.29, 0.717) is 15.5 Å². The number of hydrogen-bond acceptors (Lipinski definition) is 2. The monoisotopic (exact) mass is 313 g/mol. The molecule has 2 fully saturated rings. The van der Waals surface area contributed by atoms with Gasteiger partial charge in [0.2, 0.25) is 0 Å². The van der Waals surface area contributed by atoms with Gasteiger partial charge in [-0.3, -0.25) is 0 Å². The molecule has 0 aliphatic heterocycles. The quantitative estimate of drug-likeness (QED) is 0.800. The maximum atomic E-state index is 6.20. The number of nitrogens with one attached hydrogen (secondary N) is 1. The molecule has 0 bridgehead atoms. The molecule has 0 aromatic heterocycles. The van der Waals surface area contributed by atoms with Crippen LogP contribution in [0.3, 0.4) is 0 Å². The van der Waals surface area contributed by atoms with Crippen LogP contribution >= 0.6 is 23.2 Å². The van der Waals surface area contributed by atoms with E-state index in [0.717, 1.165) is 19.7 Å². The molecule has 3 rings (SSSR count). The summed E-state index contributed by atoms with van der Waals surface area (Å²) in [4.78, 5) is 0. The van der Waals surface area contributed by atoms with Crippen LogP contribution in [-0.2, 0) is 10.2 Å². The maximum absolute atomic E-state index is 6.20. The van der Waals surface area contributed by atoms with E-state index in [-0.39, 0.29) is 5.41 Å². The zero-order valence-electron chi connectivity index (χ0n) is 11.8. The van der Waals surface area contributed by atoms with Crippen molar-refractivity contribution in [2.75, 3.05) is 26.8 Å². The van der Waals surface area contributed by atoms with E-state index >= 15 is 0 Å². The average molecular weight is 314 g/mol. The second-order valence-corrected chi connectivity index (χ2v) is 7.25. The summed E-state index contributed by atoms with van der Waals surface area (Å²) in [6, 6.07) is 6.12. The second kappa shape index (κ2) is 5.49. The number of methoxy groups -OCH3 is 1. The van der Waals surface area contributed by atoms with Crippen LogP contribution in [0, 0.1) is 5.41 Å². The van der Waals surface area contributed by atoms with Gasteiger partial charge in [0.1, 0.15) is 0 Å². The van der Waals surface area contributed by atoms with E-state index < -0.39 is 0 Å². The lowest BCUT2D eigenvalue weighted by molar-refractivity contribution is 0.112. The zero-order valence-corrected chi connectivity index (χ0v) is 13.4. The van der Waals surface area contributed by atoms with E-state index in [1.165, 1.54) is 31.2 Å². The van der Waals surface area contributed by atoms with Crippen molar-refractivity contribution in [3.63, 3.8) is 0 Å². The number of halogens is 2. The lowest BCUT2D eigenvalue weighted by atomic mass is 9.56. The van der Waals surface area contributed by atoms with Crippen LogP contribution in [0.4, 0.5) is 0 Å². The van der Waals surface area contributed by atoms with Gasteiger partial charge in [0.15, 0.2) is 0 Å². The fraction of sp³-hybridized carbons (Fsp3) is 0.625. The van der Waals surface area contributed by atoms with E-state index in [2.05, 4.69) is 17.4 Å². The van der Waals surface area contributed by atoms with Crippen molar-refractivity contribution in [2.24, 2.45) is 5.41 Å². The molecule has 2 saturated carbocycles. The topological polar surface area (TPSA) is 21.3 Å². The maximum Gasteiger partial charge on any atom is 0.0595 e. The Bertz CT molecular complexity index is 491. The summed E-state index contributed by atoms with van der Waals surface area (Å²) in [6.45, 7) is 2.64. The lowest BCUT2D eigenvalue weighted by Gasteiger charge is -2.49. The predicted molar refractivity (Wildman–Crippen MR) is 83.8 cm³/mol. The Hall–Kier alpha value is -0.280. The van der Waals surface area contributed by atoms with Crippen molar-refractivity contribution in [1.82, 2.24) is 5.32 Å². The minimum absolute atomic E-state index is 0.235. The van der Waals surface area contributed by atoms with Crippen molar-refractivity contribution in [1.29, 1.82) is 0 Å². The van der Waals surface area contributed by atoms with Crippen LogP contribution in [0.1, 0.15) is 31.2 Å². The summed E-state index contributed by atoms with van der Waals surface area (Å²) < 4.78 is 5.10. The molecule has 1 spiro atoms. The molecule has 2 aliphatic carbocycles. The molecule has 110 valence electrons. The smallest absolute Gasteiger partial charge is 0.0595 e. The molecule has 0 radical (unpaired) electrons. The first-order chi connectivity index (χ1) is 9.59. The summed E-state index contributed by atoms with van der Waals surface area (Å²) in [5.74, 6) is 0. The molecular weight excluding hydrogens is 293 g/mol. The molecule has 2 nitrogen and oxygen atoms in total. The molecule has 0 amide bonds. The Morgan fingerprint density at radius 3 is 2.55 bits per heavy atom. The first kappa shape index (κ1) is 14.6. The molecular formula is C16H21Cl2NO. The Labute approximate surface area is 130 Å². The molecule has 1 aromatic carbocycles. The highest BCUT2D eigenvalue weighted by atomic mass is 35.5. The van der Waals surface area contributed by atoms with Crippen LogP contribution in [0.15, 0.2) is 18.2 Å². The number of ether oxygens (including phenoxy) is 1. The van der Waals surface area contributed by atoms with Gasteiger partial charge in [-0.1, -0.05) is 29.3 Å². The minimum atomic E-state index is 0.235. The van der Waals surface area contributed by atoms with Gasteiger partial charge in [-0.2, -0.15) is 0 Å². The summed E-state index contributed by atoms with van der Waals surface area (Å²) in [6.07, 6.45) is 5.35. The molecule has 2 aliphatic rings. The fourth-order valence-electron chi connectivity index (χ4n) is 3.67. The van der Waals surface area contributed by atoms with Crippen LogP contribution < -0.4 is 5.32 Å². The van der Waals surface area contributed by atoms with Crippen molar-refractivity contribution in [2.45, 2.75) is 31.1 Å². The average Bonchev–Trinajstić information content (AvgIpc) is 3.17. The van der Waals surface area contributed by atoms with Gasteiger partial charge in [-0.25, -0.2) is 0 Å². The van der Waals surface area contributed by atoms with Gasteiger partial charge in [0.25, 0.3) is 0 Å². The van der Waals surface area contributed by atoms with Gasteiger partial charge in [-0.05, 0) is 48.8 Å². The van der Waals surface area contributed by atoms with Crippen LogP contribution in [0.25, 0.3) is 0 Å². The van der Waals surface area contributed by atoms with Gasteiger partial charge in [-0.15, -0.1) is 0 Å². The fourth-order valence-corrected chi connectivity index (χ4v) is 3.97. The molecule has 0 heterocycles. The zero-order chi connectivity index (χ0) is 14.2. The normalized spacial score (nSPS) is 21.8. The summed E-state index contributed by atoms with van der Waals surface area (Å²) in [5.41, 5.74) is 2.21. The first-order valence-electron chi connectivity index (χ1n) is 7.24. The van der Waals surface area contributed by atoms with Crippen LogP contribution in [0.2, 0.25) is 10.0 Å². The van der Waals surface area contributed by atoms with Crippen molar-refractivity contribution < 1.29 is 4.74 Å². The third-order valence-electron chi connectivity index (χ3n) is 4.86. The summed E-state index contributed by atoms with van der Waals surface area (Å²) >= 11 is 12.2. The van der Waals surface area contributed by atoms with Gasteiger partial charge < -0.3 is 10.1 Å². The van der Waals surface area contributed by atoms with Gasteiger partial charge in [0.05, 0.1) is 16.7 Å². The van der Waals surface area contributed by atoms with E-state index in [1.807, 2.05) is 6.07 Å². The van der Waals surface area contributed by atoms with Crippen molar-refractivity contribution >= 4 is 23.2 Å². The number of rotatable bonds is 6. The molecule has 20 heavy (non-hydrogen) atoms. The van der Waals surface area contributed by atoms with E-state index in [9.17, 15) is 0 Å². The molecule has 1 N–H and O–H groups in total. The standard InChI is InChI=1S/C16H21Cl2NO/c1-20-7-6-19-11-16(9-15(10-16)4-5-15)12-2-3-13(17)14(18)8-12/h2-3,8,19H,4-7,9-11H2,1H3. The van der Waals surface area contributed by atoms with Gasteiger partial charge >= 0.3 is 0 Å². The largest absolute Gasteiger partial charge is 0.383 e. The minimum Gasteiger partial charge on any atom is -0.383 e. The van der Waals surface area contributed by atoms with E-state index in [4.69, 9.17) is 27.9 Å². The Balaban J connectivity index is 1.73. The molecule has 0 saturated heterocycles. The summed E-state index contributed by atoms with van der Waals surface area (Å²) in [7, 11) is 1.74. The third kappa shape index (κ3) is 2.71. The predicted octanol–water partition coefficient (Wildman–Crippen LogP) is 4.04. The first-order valence-corrected chi connectivity index (χ1v) is 8.00. The number of hydrogen-bond donors (Lipinski definition) is 1. The molecule has 0 atom stereocenters. The summed E-state index contributed by atoms with van der Waals surface area (Å²) in [5, 5.41) is 4.83. The highest BCUT2D eigenvalue weighted by molar-refractivity contribution is 6.42. The highest BCUT2D eigenvalue weighted by Gasteiger charge is 2.60. The SMILES string of the molecule is COCCNCC1(c2ccc(Cl)c(Cl)c2)CC2(CC2)C1. The molecule has 1 aromatic rings. The van der Waals surface area contributed by atoms with Crippen molar-refractivity contribution in [3.8, 4) is 0 Å². The molecule has 4 heteroatoms. The van der Waals surface area contributed by atoms with Crippen LogP contribution in [-0.4, -0.2) is 26.8 Å². The van der Waals surface area contributed by atoms with E-state index in [1.54, 1.807) is 7.11 Å². The highest BCUT2D eigenvalue weighted by Crippen LogP contribution is 2.68. The Kier molecular flexibility index (Phi) is 4.02. The molecule has 0 unspecified atom stereocenters. The Morgan fingerprint density at radius 2 is 1.95 bits per heavy atom. The lowest BCUT2D eigenvalue weighted by Crippen LogP contribution is -2.50. The number of benzene rings is 1.